The molecular formula is C19H17FN2O3S. The average molecular weight is 372 g/mol. The maximum Gasteiger partial charge on any atom is 0.262 e. The minimum absolute atomic E-state index is 0.0169. The van der Waals surface area contributed by atoms with Gasteiger partial charge in [-0.2, -0.15) is 11.8 Å². The number of fused-ring (bicyclic) bond motifs is 1. The zero-order valence-electron chi connectivity index (χ0n) is 14.1. The van der Waals surface area contributed by atoms with Crippen LogP contribution >= 0.6 is 11.8 Å². The quantitative estimate of drug-likeness (QED) is 0.791. The molecule has 0 saturated heterocycles. The fourth-order valence-electron chi connectivity index (χ4n) is 2.88. The van der Waals surface area contributed by atoms with Gasteiger partial charge in [-0.05, 0) is 42.7 Å². The van der Waals surface area contributed by atoms with Crippen molar-refractivity contribution in [3.63, 3.8) is 0 Å². The molecule has 0 radical (unpaired) electrons. The van der Waals surface area contributed by atoms with Crippen LogP contribution in [0.5, 0.6) is 0 Å². The highest BCUT2D eigenvalue weighted by Crippen LogP contribution is 2.27. The van der Waals surface area contributed by atoms with E-state index >= 15 is 0 Å². The third-order valence-electron chi connectivity index (χ3n) is 4.17. The molecule has 0 spiro atoms. The monoisotopic (exact) mass is 372 g/mol. The molecule has 1 N–H and O–H groups in total. The molecule has 3 amide bonds. The Kier molecular flexibility index (Phi) is 5.37. The molecule has 26 heavy (non-hydrogen) atoms. The fraction of sp³-hybridized carbons (Fsp3) is 0.211. The molecule has 3 rings (SSSR count). The SMILES string of the molecule is CSCC[C@H](C(=O)Nc1ccccc1F)N1C(=O)c2ccccc2C1=O. The molecule has 1 atom stereocenters. The fourth-order valence-corrected chi connectivity index (χ4v) is 3.34. The third-order valence-corrected chi connectivity index (χ3v) is 4.81. The first-order valence-corrected chi connectivity index (χ1v) is 9.45. The standard InChI is InChI=1S/C19H17FN2O3S/c1-26-11-10-16(17(23)21-15-9-5-4-8-14(15)20)22-18(24)12-6-2-3-7-13(12)19(22)25/h2-9,16H,10-11H2,1H3,(H,21,23)/t16-/m1/s1. The maximum atomic E-state index is 13.8. The summed E-state index contributed by atoms with van der Waals surface area (Å²) in [7, 11) is 0. The van der Waals surface area contributed by atoms with Crippen LogP contribution in [0.25, 0.3) is 0 Å². The van der Waals surface area contributed by atoms with Crippen molar-refractivity contribution in [2.45, 2.75) is 12.5 Å². The number of thioether (sulfide) groups is 1. The zero-order chi connectivity index (χ0) is 18.7. The number of halogens is 1. The second kappa shape index (κ2) is 7.70. The van der Waals surface area contributed by atoms with Crippen molar-refractivity contribution >= 4 is 35.2 Å². The number of nitrogens with zero attached hydrogens (tertiary/aromatic N) is 1. The van der Waals surface area contributed by atoms with E-state index in [0.29, 0.717) is 5.75 Å². The van der Waals surface area contributed by atoms with E-state index in [1.807, 2.05) is 6.26 Å². The highest BCUT2D eigenvalue weighted by molar-refractivity contribution is 7.98. The molecule has 7 heteroatoms. The van der Waals surface area contributed by atoms with Gasteiger partial charge in [-0.15, -0.1) is 0 Å². The Hall–Kier alpha value is -2.67. The first-order valence-electron chi connectivity index (χ1n) is 8.06. The average Bonchev–Trinajstić information content (AvgIpc) is 2.89. The van der Waals surface area contributed by atoms with Crippen molar-refractivity contribution in [2.24, 2.45) is 0 Å². The predicted molar refractivity (Wildman–Crippen MR) is 98.8 cm³/mol. The Morgan fingerprint density at radius 3 is 2.23 bits per heavy atom. The van der Waals surface area contributed by atoms with Gasteiger partial charge < -0.3 is 5.32 Å². The normalized spacial score (nSPS) is 14.3. The molecule has 2 aromatic carbocycles. The van der Waals surface area contributed by atoms with Crippen LogP contribution in [0.3, 0.4) is 0 Å². The van der Waals surface area contributed by atoms with Gasteiger partial charge in [0.2, 0.25) is 5.91 Å². The molecular weight excluding hydrogens is 355 g/mol. The lowest BCUT2D eigenvalue weighted by Crippen LogP contribution is -2.47. The van der Waals surface area contributed by atoms with E-state index < -0.39 is 29.6 Å². The summed E-state index contributed by atoms with van der Waals surface area (Å²) in [5.41, 5.74) is 0.582. The Labute approximate surface area is 154 Å². The second-order valence-electron chi connectivity index (χ2n) is 5.79. The van der Waals surface area contributed by atoms with Crippen LogP contribution in [0.15, 0.2) is 48.5 Å². The Morgan fingerprint density at radius 1 is 1.08 bits per heavy atom. The Balaban J connectivity index is 1.89. The van der Waals surface area contributed by atoms with Gasteiger partial charge in [0.05, 0.1) is 16.8 Å². The van der Waals surface area contributed by atoms with Gasteiger partial charge in [0.15, 0.2) is 0 Å². The molecule has 0 unspecified atom stereocenters. The number of hydrogen-bond acceptors (Lipinski definition) is 4. The van der Waals surface area contributed by atoms with E-state index in [1.165, 1.54) is 30.0 Å². The van der Waals surface area contributed by atoms with E-state index in [0.717, 1.165) is 4.90 Å². The lowest BCUT2D eigenvalue weighted by atomic mass is 10.1. The van der Waals surface area contributed by atoms with Crippen molar-refractivity contribution in [3.05, 3.63) is 65.5 Å². The lowest BCUT2D eigenvalue weighted by Gasteiger charge is -2.25. The maximum absolute atomic E-state index is 13.8. The van der Waals surface area contributed by atoms with Crippen LogP contribution < -0.4 is 5.32 Å². The summed E-state index contributed by atoms with van der Waals surface area (Å²) >= 11 is 1.50. The summed E-state index contributed by atoms with van der Waals surface area (Å²) in [6, 6.07) is 11.2. The first-order chi connectivity index (χ1) is 12.5. The first kappa shape index (κ1) is 18.1. The number of nitrogens with one attached hydrogen (secondary N) is 1. The molecule has 0 fully saturated rings. The van der Waals surface area contributed by atoms with Crippen LogP contribution in [0.4, 0.5) is 10.1 Å². The molecule has 1 aliphatic heterocycles. The van der Waals surface area contributed by atoms with Crippen molar-refractivity contribution in [2.75, 3.05) is 17.3 Å². The summed E-state index contributed by atoms with van der Waals surface area (Å²) in [4.78, 5) is 39.1. The third kappa shape index (κ3) is 3.35. The number of amides is 3. The van der Waals surface area contributed by atoms with E-state index in [1.54, 1.807) is 30.3 Å². The summed E-state index contributed by atoms with van der Waals surface area (Å²) in [6.07, 6.45) is 2.15. The largest absolute Gasteiger partial charge is 0.322 e. The van der Waals surface area contributed by atoms with Crippen LogP contribution in [-0.2, 0) is 4.79 Å². The molecule has 1 heterocycles. The topological polar surface area (TPSA) is 66.5 Å². The molecule has 0 aromatic heterocycles. The molecule has 0 saturated carbocycles. The number of rotatable bonds is 6. The second-order valence-corrected chi connectivity index (χ2v) is 6.78. The van der Waals surface area contributed by atoms with E-state index in [9.17, 15) is 18.8 Å². The number of hydrogen-bond donors (Lipinski definition) is 1. The summed E-state index contributed by atoms with van der Waals surface area (Å²) < 4.78 is 13.8. The molecule has 0 bridgehead atoms. The van der Waals surface area contributed by atoms with Gasteiger partial charge in [-0.1, -0.05) is 24.3 Å². The minimum Gasteiger partial charge on any atom is -0.322 e. The van der Waals surface area contributed by atoms with Crippen molar-refractivity contribution in [3.8, 4) is 0 Å². The van der Waals surface area contributed by atoms with Gasteiger partial charge in [-0.25, -0.2) is 4.39 Å². The zero-order valence-corrected chi connectivity index (χ0v) is 14.9. The number of carbonyl (C=O) groups is 3. The van der Waals surface area contributed by atoms with Crippen LogP contribution in [0, 0.1) is 5.82 Å². The van der Waals surface area contributed by atoms with Crippen LogP contribution in [0.1, 0.15) is 27.1 Å². The van der Waals surface area contributed by atoms with Gasteiger partial charge >= 0.3 is 0 Å². The molecule has 0 aliphatic carbocycles. The Morgan fingerprint density at radius 2 is 1.65 bits per heavy atom. The summed E-state index contributed by atoms with van der Waals surface area (Å²) in [6.45, 7) is 0. The highest BCUT2D eigenvalue weighted by Gasteiger charge is 2.42. The summed E-state index contributed by atoms with van der Waals surface area (Å²) in [5.74, 6) is -1.59. The van der Waals surface area contributed by atoms with Crippen molar-refractivity contribution < 1.29 is 18.8 Å². The van der Waals surface area contributed by atoms with Gasteiger partial charge in [0.25, 0.3) is 11.8 Å². The van der Waals surface area contributed by atoms with Gasteiger partial charge in [0.1, 0.15) is 11.9 Å². The number of imide groups is 1. The van der Waals surface area contributed by atoms with Gasteiger partial charge in [0, 0.05) is 0 Å². The van der Waals surface area contributed by atoms with E-state index in [4.69, 9.17) is 0 Å². The summed E-state index contributed by atoms with van der Waals surface area (Å²) in [5, 5.41) is 2.49. The minimum atomic E-state index is -1.01. The highest BCUT2D eigenvalue weighted by atomic mass is 32.2. The molecule has 2 aromatic rings. The van der Waals surface area contributed by atoms with Crippen molar-refractivity contribution in [1.82, 2.24) is 4.90 Å². The number of anilines is 1. The Bertz CT molecular complexity index is 836. The predicted octanol–water partition coefficient (Wildman–Crippen LogP) is 3.18. The number of benzene rings is 2. The van der Waals surface area contributed by atoms with Crippen LogP contribution in [-0.4, -0.2) is 40.7 Å². The molecule has 134 valence electrons. The van der Waals surface area contributed by atoms with Crippen LogP contribution in [0.2, 0.25) is 0 Å². The number of carbonyl (C=O) groups excluding carboxylic acids is 3. The number of para-hydroxylation sites is 1. The van der Waals surface area contributed by atoms with E-state index in [2.05, 4.69) is 5.32 Å². The molecule has 5 nitrogen and oxygen atoms in total. The van der Waals surface area contributed by atoms with E-state index in [-0.39, 0.29) is 23.2 Å². The van der Waals surface area contributed by atoms with Crippen molar-refractivity contribution in [1.29, 1.82) is 0 Å². The van der Waals surface area contributed by atoms with Gasteiger partial charge in [-0.3, -0.25) is 19.3 Å². The molecule has 1 aliphatic rings. The smallest absolute Gasteiger partial charge is 0.262 e. The lowest BCUT2D eigenvalue weighted by molar-refractivity contribution is -0.120.